The highest BCUT2D eigenvalue weighted by Gasteiger charge is 2.24. The Hall–Kier alpha value is -1.57. The molecule has 0 saturated carbocycles. The lowest BCUT2D eigenvalue weighted by molar-refractivity contribution is 0.322. The van der Waals surface area contributed by atoms with Crippen LogP contribution in [0.1, 0.15) is 29.5 Å². The van der Waals surface area contributed by atoms with Gasteiger partial charge in [-0.1, -0.05) is 18.7 Å². The van der Waals surface area contributed by atoms with Crippen LogP contribution >= 0.6 is 23.1 Å². The molecule has 4 rings (SSSR count). The van der Waals surface area contributed by atoms with Crippen LogP contribution in [0.3, 0.4) is 0 Å². The van der Waals surface area contributed by atoms with Crippen molar-refractivity contribution < 1.29 is 9.52 Å². The number of furan rings is 1. The van der Waals surface area contributed by atoms with Crippen molar-refractivity contribution in [2.24, 2.45) is 5.92 Å². The number of rotatable bonds is 5. The lowest BCUT2D eigenvalue weighted by Gasteiger charge is -2.17. The van der Waals surface area contributed by atoms with Crippen molar-refractivity contribution in [3.05, 3.63) is 45.0 Å². The van der Waals surface area contributed by atoms with Crippen molar-refractivity contribution in [3.8, 4) is 0 Å². The predicted octanol–water partition coefficient (Wildman–Crippen LogP) is 3.31. The Morgan fingerprint density at radius 2 is 2.40 bits per heavy atom. The van der Waals surface area contributed by atoms with Crippen LogP contribution < -0.4 is 5.56 Å². The van der Waals surface area contributed by atoms with E-state index in [1.165, 1.54) is 22.2 Å². The van der Waals surface area contributed by atoms with Crippen LogP contribution in [0.4, 0.5) is 0 Å². The minimum atomic E-state index is 0.00823. The third-order valence-electron chi connectivity index (χ3n) is 4.60. The van der Waals surface area contributed by atoms with Gasteiger partial charge in [0, 0.05) is 10.6 Å². The third-order valence-corrected chi connectivity index (χ3v) is 6.70. The topological polar surface area (TPSA) is 68.3 Å². The highest BCUT2D eigenvalue weighted by Crippen LogP contribution is 2.36. The molecule has 3 aromatic heterocycles. The molecule has 132 valence electrons. The number of hydrogen-bond acceptors (Lipinski definition) is 6. The number of aliphatic hydroxyl groups excluding tert-OH is 1. The molecular weight excluding hydrogens is 356 g/mol. The number of hydrogen-bond donors (Lipinski definition) is 1. The number of aryl methyl sites for hydroxylation is 1. The van der Waals surface area contributed by atoms with E-state index in [1.54, 1.807) is 22.2 Å². The van der Waals surface area contributed by atoms with Crippen molar-refractivity contribution in [1.82, 2.24) is 9.55 Å². The summed E-state index contributed by atoms with van der Waals surface area (Å²) in [5.74, 6) is 1.90. The van der Waals surface area contributed by atoms with Crippen LogP contribution in [-0.4, -0.2) is 27.0 Å². The van der Waals surface area contributed by atoms with Crippen molar-refractivity contribution in [1.29, 1.82) is 0 Å². The van der Waals surface area contributed by atoms with E-state index in [0.29, 0.717) is 23.4 Å². The van der Waals surface area contributed by atoms with Gasteiger partial charge in [0.1, 0.15) is 10.6 Å². The van der Waals surface area contributed by atoms with E-state index in [9.17, 15) is 4.79 Å². The summed E-state index contributed by atoms with van der Waals surface area (Å²) in [5, 5.41) is 10.6. The highest BCUT2D eigenvalue weighted by molar-refractivity contribution is 7.99. The first-order valence-electron chi connectivity index (χ1n) is 8.48. The van der Waals surface area contributed by atoms with Gasteiger partial charge in [-0.15, -0.1) is 11.3 Å². The Labute approximate surface area is 153 Å². The normalized spacial score (nSPS) is 17.1. The zero-order valence-electron chi connectivity index (χ0n) is 14.0. The molecule has 1 N–H and O–H groups in total. The first kappa shape index (κ1) is 16.9. The summed E-state index contributed by atoms with van der Waals surface area (Å²) in [5.41, 5.74) is 1.20. The Kier molecular flexibility index (Phi) is 4.71. The number of nitrogens with zero attached hydrogens (tertiary/aromatic N) is 2. The maximum absolute atomic E-state index is 13.3. The van der Waals surface area contributed by atoms with E-state index in [0.717, 1.165) is 35.2 Å². The molecule has 1 atom stereocenters. The van der Waals surface area contributed by atoms with Crippen molar-refractivity contribution >= 4 is 33.3 Å². The molecule has 3 aromatic rings. The molecule has 0 amide bonds. The molecule has 0 unspecified atom stereocenters. The molecule has 0 spiro atoms. The van der Waals surface area contributed by atoms with E-state index in [2.05, 4.69) is 6.92 Å². The molecule has 0 bridgehead atoms. The average Bonchev–Trinajstić information content (AvgIpc) is 3.22. The molecule has 0 saturated heterocycles. The van der Waals surface area contributed by atoms with E-state index >= 15 is 0 Å². The van der Waals surface area contributed by atoms with Crippen LogP contribution in [-0.2, 0) is 19.4 Å². The van der Waals surface area contributed by atoms with Gasteiger partial charge in [0.05, 0.1) is 24.8 Å². The summed E-state index contributed by atoms with van der Waals surface area (Å²) in [6.07, 6.45) is 4.72. The molecule has 0 fully saturated rings. The van der Waals surface area contributed by atoms with E-state index < -0.39 is 0 Å². The van der Waals surface area contributed by atoms with Crippen LogP contribution in [0.2, 0.25) is 0 Å². The molecule has 0 aliphatic heterocycles. The van der Waals surface area contributed by atoms with Crippen LogP contribution in [0, 0.1) is 5.92 Å². The maximum Gasteiger partial charge on any atom is 0.263 e. The summed E-state index contributed by atoms with van der Waals surface area (Å²) in [7, 11) is 0. The Bertz CT molecular complexity index is 944. The number of thiophene rings is 1. The number of fused-ring (bicyclic) bond motifs is 3. The van der Waals surface area contributed by atoms with Gasteiger partial charge in [-0.25, -0.2) is 4.98 Å². The number of aliphatic hydroxyl groups is 1. The van der Waals surface area contributed by atoms with Gasteiger partial charge in [-0.05, 0) is 42.9 Å². The number of thioether (sulfide) groups is 1. The van der Waals surface area contributed by atoms with E-state index in [4.69, 9.17) is 14.5 Å². The molecule has 1 aliphatic carbocycles. The molecule has 0 radical (unpaired) electrons. The second-order valence-corrected chi connectivity index (χ2v) is 8.61. The van der Waals surface area contributed by atoms with Crippen LogP contribution in [0.25, 0.3) is 10.2 Å². The summed E-state index contributed by atoms with van der Waals surface area (Å²) in [6, 6.07) is 3.68. The molecule has 7 heteroatoms. The Balaban J connectivity index is 1.87. The molecule has 5 nitrogen and oxygen atoms in total. The lowest BCUT2D eigenvalue weighted by atomic mass is 9.89. The van der Waals surface area contributed by atoms with Gasteiger partial charge in [-0.3, -0.25) is 9.36 Å². The van der Waals surface area contributed by atoms with Crippen molar-refractivity contribution in [3.63, 3.8) is 0 Å². The predicted molar refractivity (Wildman–Crippen MR) is 101 cm³/mol. The second kappa shape index (κ2) is 6.97. The second-order valence-electron chi connectivity index (χ2n) is 6.47. The largest absolute Gasteiger partial charge is 0.467 e. The van der Waals surface area contributed by atoms with Crippen molar-refractivity contribution in [2.45, 2.75) is 37.9 Å². The Morgan fingerprint density at radius 1 is 1.52 bits per heavy atom. The molecule has 25 heavy (non-hydrogen) atoms. The quantitative estimate of drug-likeness (QED) is 0.547. The summed E-state index contributed by atoms with van der Waals surface area (Å²) >= 11 is 3.07. The number of aromatic nitrogens is 2. The smallest absolute Gasteiger partial charge is 0.263 e. The third kappa shape index (κ3) is 3.16. The molecular formula is C18H20N2O3S2. The molecule has 3 heterocycles. The van der Waals surface area contributed by atoms with Crippen LogP contribution in [0.5, 0.6) is 0 Å². The van der Waals surface area contributed by atoms with Gasteiger partial charge in [-0.2, -0.15) is 0 Å². The van der Waals surface area contributed by atoms with Gasteiger partial charge in [0.25, 0.3) is 5.56 Å². The average molecular weight is 377 g/mol. The first-order valence-corrected chi connectivity index (χ1v) is 10.3. The summed E-state index contributed by atoms with van der Waals surface area (Å²) in [4.78, 5) is 20.2. The minimum Gasteiger partial charge on any atom is -0.467 e. The molecule has 0 aromatic carbocycles. The zero-order valence-corrected chi connectivity index (χ0v) is 15.7. The SMILES string of the molecule is C[C@H]1CCc2c(sc3nc(SCCO)n(Cc4ccco4)c(=O)c23)C1. The highest BCUT2D eigenvalue weighted by atomic mass is 32.2. The minimum absolute atomic E-state index is 0.00823. The van der Waals surface area contributed by atoms with Crippen molar-refractivity contribution in [2.75, 3.05) is 12.4 Å². The fourth-order valence-electron chi connectivity index (χ4n) is 3.35. The standard InChI is InChI=1S/C18H20N2O3S2/c1-11-4-5-13-14(9-11)25-16-15(13)17(22)20(10-12-3-2-7-23-12)18(19-16)24-8-6-21/h2-3,7,11,21H,4-6,8-10H2,1H3/t11-/m0/s1. The Morgan fingerprint density at radius 3 is 3.16 bits per heavy atom. The first-order chi connectivity index (χ1) is 12.2. The fourth-order valence-corrected chi connectivity index (χ4v) is 5.51. The van der Waals surface area contributed by atoms with Gasteiger partial charge >= 0.3 is 0 Å². The van der Waals surface area contributed by atoms with Gasteiger partial charge < -0.3 is 9.52 Å². The lowest BCUT2D eigenvalue weighted by Crippen LogP contribution is -2.24. The summed E-state index contributed by atoms with van der Waals surface area (Å²) < 4.78 is 7.12. The van der Waals surface area contributed by atoms with E-state index in [-0.39, 0.29) is 12.2 Å². The van der Waals surface area contributed by atoms with E-state index in [1.807, 2.05) is 12.1 Å². The maximum atomic E-state index is 13.3. The zero-order chi connectivity index (χ0) is 17.4. The summed E-state index contributed by atoms with van der Waals surface area (Å²) in [6.45, 7) is 2.68. The van der Waals surface area contributed by atoms with Gasteiger partial charge in [0.2, 0.25) is 0 Å². The molecule has 1 aliphatic rings. The fraction of sp³-hybridized carbons (Fsp3) is 0.444. The monoisotopic (exact) mass is 376 g/mol. The van der Waals surface area contributed by atoms with Gasteiger partial charge in [0.15, 0.2) is 5.16 Å². The van der Waals surface area contributed by atoms with Crippen LogP contribution in [0.15, 0.2) is 32.8 Å².